The molecule has 0 aliphatic heterocycles. The van der Waals surface area contributed by atoms with Gasteiger partial charge in [0.15, 0.2) is 0 Å². The van der Waals surface area contributed by atoms with E-state index in [0.29, 0.717) is 6.54 Å². The molecule has 1 aromatic rings. The van der Waals surface area contributed by atoms with E-state index in [2.05, 4.69) is 27.9 Å². The first-order valence-electron chi connectivity index (χ1n) is 7.00. The minimum atomic E-state index is -0.331. The largest absolute Gasteiger partial charge is 0.352 e. The lowest BCUT2D eigenvalue weighted by Crippen LogP contribution is -2.37. The number of hydrogen-bond acceptors (Lipinski definition) is 4. The van der Waals surface area contributed by atoms with E-state index in [0.717, 1.165) is 25.1 Å². The summed E-state index contributed by atoms with van der Waals surface area (Å²) in [6.07, 6.45) is 3.87. The Labute approximate surface area is 115 Å². The SMILES string of the molecule is CCCC(C)NC(=O)C(C)n1cc(CNCC)nn1. The van der Waals surface area contributed by atoms with Gasteiger partial charge in [-0.05, 0) is 26.8 Å². The zero-order valence-corrected chi connectivity index (χ0v) is 12.3. The first-order chi connectivity index (χ1) is 9.08. The number of carbonyl (C=O) groups excluding carboxylic acids is 1. The van der Waals surface area contributed by atoms with E-state index in [9.17, 15) is 4.79 Å². The third kappa shape index (κ3) is 4.98. The molecule has 0 spiro atoms. The maximum Gasteiger partial charge on any atom is 0.244 e. The van der Waals surface area contributed by atoms with Crippen LogP contribution < -0.4 is 10.6 Å². The van der Waals surface area contributed by atoms with Crippen molar-refractivity contribution >= 4 is 5.91 Å². The third-order valence-corrected chi connectivity index (χ3v) is 3.00. The molecule has 6 heteroatoms. The Bertz CT molecular complexity index is 390. The van der Waals surface area contributed by atoms with Crippen molar-refractivity contribution in [3.63, 3.8) is 0 Å². The predicted octanol–water partition coefficient (Wildman–Crippen LogP) is 1.25. The van der Waals surface area contributed by atoms with E-state index < -0.39 is 0 Å². The summed E-state index contributed by atoms with van der Waals surface area (Å²) in [5.74, 6) is -0.0131. The molecule has 0 saturated heterocycles. The summed E-state index contributed by atoms with van der Waals surface area (Å²) in [6.45, 7) is 9.56. The molecule has 2 N–H and O–H groups in total. The topological polar surface area (TPSA) is 71.8 Å². The molecule has 108 valence electrons. The van der Waals surface area contributed by atoms with Crippen LogP contribution in [0.2, 0.25) is 0 Å². The molecular formula is C13H25N5O. The highest BCUT2D eigenvalue weighted by Gasteiger charge is 2.18. The van der Waals surface area contributed by atoms with Crippen LogP contribution in [-0.4, -0.2) is 33.5 Å². The Balaban J connectivity index is 2.53. The molecule has 0 aliphatic rings. The minimum Gasteiger partial charge on any atom is -0.352 e. The van der Waals surface area contributed by atoms with Crippen molar-refractivity contribution < 1.29 is 4.79 Å². The van der Waals surface area contributed by atoms with Crippen LogP contribution in [0.4, 0.5) is 0 Å². The lowest BCUT2D eigenvalue weighted by Gasteiger charge is -2.16. The fraction of sp³-hybridized carbons (Fsp3) is 0.769. The Morgan fingerprint density at radius 2 is 2.16 bits per heavy atom. The van der Waals surface area contributed by atoms with E-state index in [1.807, 2.05) is 27.0 Å². The average molecular weight is 267 g/mol. The summed E-state index contributed by atoms with van der Waals surface area (Å²) in [6, 6.07) is -0.133. The molecule has 0 aliphatic carbocycles. The molecule has 2 unspecified atom stereocenters. The van der Waals surface area contributed by atoms with Gasteiger partial charge in [0.05, 0.1) is 11.9 Å². The molecule has 0 fully saturated rings. The zero-order chi connectivity index (χ0) is 14.3. The van der Waals surface area contributed by atoms with Gasteiger partial charge in [0, 0.05) is 12.6 Å². The average Bonchev–Trinajstić information content (AvgIpc) is 2.84. The number of rotatable bonds is 8. The van der Waals surface area contributed by atoms with Gasteiger partial charge in [0.25, 0.3) is 0 Å². The molecule has 2 atom stereocenters. The number of hydrogen-bond donors (Lipinski definition) is 2. The second-order valence-corrected chi connectivity index (χ2v) is 4.84. The fourth-order valence-electron chi connectivity index (χ4n) is 1.83. The summed E-state index contributed by atoms with van der Waals surface area (Å²) in [5, 5.41) is 14.2. The predicted molar refractivity (Wildman–Crippen MR) is 74.6 cm³/mol. The monoisotopic (exact) mass is 267 g/mol. The van der Waals surface area contributed by atoms with Crippen molar-refractivity contribution in [1.82, 2.24) is 25.6 Å². The Kier molecular flexibility index (Phi) is 6.49. The molecule has 1 rings (SSSR count). The number of nitrogens with one attached hydrogen (secondary N) is 2. The molecule has 0 saturated carbocycles. The van der Waals surface area contributed by atoms with Crippen molar-refractivity contribution in [1.29, 1.82) is 0 Å². The number of aromatic nitrogens is 3. The molecular weight excluding hydrogens is 242 g/mol. The summed E-state index contributed by atoms with van der Waals surface area (Å²) >= 11 is 0. The minimum absolute atomic E-state index is 0.0131. The second kappa shape index (κ2) is 7.89. The van der Waals surface area contributed by atoms with Gasteiger partial charge in [-0.25, -0.2) is 4.68 Å². The number of carbonyl (C=O) groups is 1. The van der Waals surface area contributed by atoms with Crippen LogP contribution in [0.15, 0.2) is 6.20 Å². The number of amides is 1. The second-order valence-electron chi connectivity index (χ2n) is 4.84. The van der Waals surface area contributed by atoms with Crippen LogP contribution >= 0.6 is 0 Å². The molecule has 1 heterocycles. The summed E-state index contributed by atoms with van der Waals surface area (Å²) in [5.41, 5.74) is 0.850. The zero-order valence-electron chi connectivity index (χ0n) is 12.3. The highest BCUT2D eigenvalue weighted by Crippen LogP contribution is 2.06. The molecule has 19 heavy (non-hydrogen) atoms. The van der Waals surface area contributed by atoms with Gasteiger partial charge < -0.3 is 10.6 Å². The maximum absolute atomic E-state index is 12.0. The van der Waals surface area contributed by atoms with Gasteiger partial charge in [0.2, 0.25) is 5.91 Å². The van der Waals surface area contributed by atoms with Crippen LogP contribution in [-0.2, 0) is 11.3 Å². The lowest BCUT2D eigenvalue weighted by molar-refractivity contribution is -0.124. The van der Waals surface area contributed by atoms with Crippen LogP contribution in [0.5, 0.6) is 0 Å². The van der Waals surface area contributed by atoms with Gasteiger partial charge in [-0.3, -0.25) is 4.79 Å². The smallest absolute Gasteiger partial charge is 0.244 e. The Morgan fingerprint density at radius 3 is 2.79 bits per heavy atom. The van der Waals surface area contributed by atoms with Gasteiger partial charge in [0.1, 0.15) is 6.04 Å². The van der Waals surface area contributed by atoms with Crippen LogP contribution in [0.1, 0.15) is 52.3 Å². The van der Waals surface area contributed by atoms with Crippen molar-refractivity contribution in [2.24, 2.45) is 0 Å². The molecule has 1 amide bonds. The van der Waals surface area contributed by atoms with E-state index in [4.69, 9.17) is 0 Å². The molecule has 0 radical (unpaired) electrons. The Morgan fingerprint density at radius 1 is 1.42 bits per heavy atom. The van der Waals surface area contributed by atoms with E-state index >= 15 is 0 Å². The molecule has 6 nitrogen and oxygen atoms in total. The van der Waals surface area contributed by atoms with E-state index in [1.54, 1.807) is 4.68 Å². The normalized spacial score (nSPS) is 14.1. The quantitative estimate of drug-likeness (QED) is 0.743. The van der Waals surface area contributed by atoms with Crippen LogP contribution in [0.25, 0.3) is 0 Å². The molecule has 1 aromatic heterocycles. The van der Waals surface area contributed by atoms with Crippen molar-refractivity contribution in [3.05, 3.63) is 11.9 Å². The first-order valence-corrected chi connectivity index (χ1v) is 7.00. The summed E-state index contributed by atoms with van der Waals surface area (Å²) in [4.78, 5) is 12.0. The summed E-state index contributed by atoms with van der Waals surface area (Å²) in [7, 11) is 0. The van der Waals surface area contributed by atoms with Crippen molar-refractivity contribution in [2.75, 3.05) is 6.54 Å². The highest BCUT2D eigenvalue weighted by molar-refractivity contribution is 5.79. The highest BCUT2D eigenvalue weighted by atomic mass is 16.2. The standard InChI is InChI=1S/C13H25N5O/c1-5-7-10(3)15-13(19)11(4)18-9-12(16-17-18)8-14-6-2/h9-11,14H,5-8H2,1-4H3,(H,15,19). The number of nitrogens with zero attached hydrogens (tertiary/aromatic N) is 3. The molecule has 0 aromatic carbocycles. The van der Waals surface area contributed by atoms with Gasteiger partial charge in [-0.1, -0.05) is 25.5 Å². The third-order valence-electron chi connectivity index (χ3n) is 3.00. The van der Waals surface area contributed by atoms with Gasteiger partial charge in [-0.2, -0.15) is 0 Å². The van der Waals surface area contributed by atoms with Crippen LogP contribution in [0.3, 0.4) is 0 Å². The van der Waals surface area contributed by atoms with Crippen LogP contribution in [0, 0.1) is 0 Å². The van der Waals surface area contributed by atoms with Crippen molar-refractivity contribution in [3.8, 4) is 0 Å². The van der Waals surface area contributed by atoms with E-state index in [1.165, 1.54) is 0 Å². The fourth-order valence-corrected chi connectivity index (χ4v) is 1.83. The van der Waals surface area contributed by atoms with Crippen molar-refractivity contribution in [2.45, 2.75) is 59.2 Å². The van der Waals surface area contributed by atoms with E-state index in [-0.39, 0.29) is 18.0 Å². The first kappa shape index (κ1) is 15.6. The van der Waals surface area contributed by atoms with Gasteiger partial charge in [-0.15, -0.1) is 5.10 Å². The molecule has 0 bridgehead atoms. The maximum atomic E-state index is 12.0. The lowest BCUT2D eigenvalue weighted by atomic mass is 10.2. The van der Waals surface area contributed by atoms with Gasteiger partial charge >= 0.3 is 0 Å². The Hall–Kier alpha value is -1.43. The summed E-state index contributed by atoms with van der Waals surface area (Å²) < 4.78 is 1.61.